The van der Waals surface area contributed by atoms with Crippen LogP contribution in [-0.2, 0) is 11.4 Å². The molecule has 3 aromatic carbocycles. The number of carbonyl (C=O) groups excluding carboxylic acids is 1. The number of benzene rings is 3. The van der Waals surface area contributed by atoms with Crippen LogP contribution in [0, 0.1) is 21.4 Å². The fourth-order valence-corrected chi connectivity index (χ4v) is 3.10. The Balaban J connectivity index is 1.76. The van der Waals surface area contributed by atoms with Crippen LogP contribution in [0.15, 0.2) is 72.3 Å². The van der Waals surface area contributed by atoms with Crippen molar-refractivity contribution in [2.75, 3.05) is 12.4 Å². The van der Waals surface area contributed by atoms with Crippen molar-refractivity contribution in [2.45, 2.75) is 6.61 Å². The predicted octanol–water partition coefficient (Wildman–Crippen LogP) is 5.38. The maximum Gasteiger partial charge on any atom is 0.271 e. The summed E-state index contributed by atoms with van der Waals surface area (Å²) in [7, 11) is 1.48. The normalized spacial score (nSPS) is 10.8. The zero-order valence-corrected chi connectivity index (χ0v) is 18.2. The van der Waals surface area contributed by atoms with Crippen LogP contribution in [0.5, 0.6) is 11.5 Å². The fourth-order valence-electron chi connectivity index (χ4n) is 2.89. The minimum atomic E-state index is -0.696. The van der Waals surface area contributed by atoms with Gasteiger partial charge < -0.3 is 14.8 Å². The molecule has 0 fully saturated rings. The first kappa shape index (κ1) is 23.3. The summed E-state index contributed by atoms with van der Waals surface area (Å²) in [5, 5.41) is 23.4. The predicted molar refractivity (Wildman–Crippen MR) is 124 cm³/mol. The smallest absolute Gasteiger partial charge is 0.271 e. The van der Waals surface area contributed by atoms with Crippen LogP contribution in [0.25, 0.3) is 6.08 Å². The van der Waals surface area contributed by atoms with E-state index in [-0.39, 0.29) is 23.6 Å². The third-order valence-corrected chi connectivity index (χ3v) is 4.70. The van der Waals surface area contributed by atoms with E-state index in [9.17, 15) is 20.2 Å². The molecule has 1 amide bonds. The molecule has 0 heterocycles. The number of nitrogens with zero attached hydrogens (tertiary/aromatic N) is 2. The molecule has 0 radical (unpaired) electrons. The Morgan fingerprint density at radius 2 is 1.94 bits per heavy atom. The SMILES string of the molecule is COc1cc(/C=C(\C#N)C(=O)Nc2cccc([N+](=O)[O-])c2)ccc1OCc1cccc(Cl)c1. The van der Waals surface area contributed by atoms with Crippen LogP contribution in [0.2, 0.25) is 5.02 Å². The van der Waals surface area contributed by atoms with Crippen molar-refractivity contribution in [3.8, 4) is 17.6 Å². The van der Waals surface area contributed by atoms with Crippen LogP contribution in [0.1, 0.15) is 11.1 Å². The molecule has 1 N–H and O–H groups in total. The molecule has 0 aliphatic rings. The van der Waals surface area contributed by atoms with Gasteiger partial charge in [0.15, 0.2) is 11.5 Å². The van der Waals surface area contributed by atoms with Gasteiger partial charge in [-0.2, -0.15) is 5.26 Å². The van der Waals surface area contributed by atoms with E-state index in [0.717, 1.165) is 5.56 Å². The van der Waals surface area contributed by atoms with E-state index in [1.54, 1.807) is 30.3 Å². The summed E-state index contributed by atoms with van der Waals surface area (Å²) in [6.45, 7) is 0.279. The number of nitriles is 1. The summed E-state index contributed by atoms with van der Waals surface area (Å²) in [6, 6.07) is 19.5. The second-order valence-corrected chi connectivity index (χ2v) is 7.20. The number of rotatable bonds is 8. The van der Waals surface area contributed by atoms with Gasteiger partial charge in [-0.25, -0.2) is 0 Å². The minimum absolute atomic E-state index is 0.173. The number of ether oxygens (including phenoxy) is 2. The molecule has 3 rings (SSSR count). The van der Waals surface area contributed by atoms with Crippen LogP contribution >= 0.6 is 11.6 Å². The van der Waals surface area contributed by atoms with Gasteiger partial charge in [-0.05, 0) is 47.5 Å². The maximum absolute atomic E-state index is 12.5. The monoisotopic (exact) mass is 463 g/mol. The first-order valence-electron chi connectivity index (χ1n) is 9.62. The van der Waals surface area contributed by atoms with E-state index in [0.29, 0.717) is 22.1 Å². The van der Waals surface area contributed by atoms with Gasteiger partial charge in [-0.3, -0.25) is 14.9 Å². The molecule has 8 nitrogen and oxygen atoms in total. The molecule has 0 spiro atoms. The molecule has 0 saturated carbocycles. The number of methoxy groups -OCH3 is 1. The zero-order valence-electron chi connectivity index (χ0n) is 17.4. The van der Waals surface area contributed by atoms with Gasteiger partial charge in [0.25, 0.3) is 11.6 Å². The van der Waals surface area contributed by atoms with Crippen LogP contribution in [0.3, 0.4) is 0 Å². The highest BCUT2D eigenvalue weighted by Crippen LogP contribution is 2.30. The second-order valence-electron chi connectivity index (χ2n) is 6.76. The van der Waals surface area contributed by atoms with Crippen LogP contribution in [0.4, 0.5) is 11.4 Å². The lowest BCUT2D eigenvalue weighted by Gasteiger charge is -2.12. The molecule has 0 atom stereocenters. The molecule has 33 heavy (non-hydrogen) atoms. The Labute approximate surface area is 194 Å². The van der Waals surface area contributed by atoms with Crippen molar-refractivity contribution < 1.29 is 19.2 Å². The Kier molecular flexibility index (Phi) is 7.63. The van der Waals surface area contributed by atoms with Gasteiger partial charge in [-0.1, -0.05) is 35.9 Å². The van der Waals surface area contributed by atoms with Crippen molar-refractivity contribution in [1.29, 1.82) is 5.26 Å². The molecule has 0 aromatic heterocycles. The van der Waals surface area contributed by atoms with Crippen molar-refractivity contribution in [3.05, 3.63) is 98.6 Å². The molecule has 0 bridgehead atoms. The number of nitrogens with one attached hydrogen (secondary N) is 1. The maximum atomic E-state index is 12.5. The zero-order chi connectivity index (χ0) is 23.8. The Morgan fingerprint density at radius 3 is 2.64 bits per heavy atom. The average molecular weight is 464 g/mol. The molecule has 0 unspecified atom stereocenters. The number of halogens is 1. The van der Waals surface area contributed by atoms with E-state index in [4.69, 9.17) is 21.1 Å². The molecular formula is C24H18ClN3O5. The van der Waals surface area contributed by atoms with Crippen molar-refractivity contribution in [2.24, 2.45) is 0 Å². The van der Waals surface area contributed by atoms with E-state index >= 15 is 0 Å². The highest BCUT2D eigenvalue weighted by atomic mass is 35.5. The first-order chi connectivity index (χ1) is 15.9. The largest absolute Gasteiger partial charge is 0.493 e. The summed E-state index contributed by atoms with van der Waals surface area (Å²) in [4.78, 5) is 22.8. The van der Waals surface area contributed by atoms with Gasteiger partial charge in [0.2, 0.25) is 0 Å². The Hall–Kier alpha value is -4.35. The van der Waals surface area contributed by atoms with Gasteiger partial charge >= 0.3 is 0 Å². The third kappa shape index (κ3) is 6.32. The number of non-ortho nitro benzene ring substituents is 1. The van der Waals surface area contributed by atoms with Gasteiger partial charge in [-0.15, -0.1) is 0 Å². The summed E-state index contributed by atoms with van der Waals surface area (Å²) in [6.07, 6.45) is 1.38. The molecule has 9 heteroatoms. The number of hydrogen-bond acceptors (Lipinski definition) is 6. The quantitative estimate of drug-likeness (QED) is 0.207. The average Bonchev–Trinajstić information content (AvgIpc) is 2.81. The first-order valence-corrected chi connectivity index (χ1v) is 10.0. The number of carbonyl (C=O) groups is 1. The third-order valence-electron chi connectivity index (χ3n) is 4.46. The molecule has 0 aliphatic carbocycles. The minimum Gasteiger partial charge on any atom is -0.493 e. The number of nitro benzene ring substituents is 1. The van der Waals surface area contributed by atoms with Crippen LogP contribution in [-0.4, -0.2) is 17.9 Å². The van der Waals surface area contributed by atoms with Gasteiger partial charge in [0.1, 0.15) is 18.2 Å². The van der Waals surface area contributed by atoms with Crippen molar-refractivity contribution in [1.82, 2.24) is 0 Å². The molecular weight excluding hydrogens is 446 g/mol. The lowest BCUT2D eigenvalue weighted by molar-refractivity contribution is -0.384. The Morgan fingerprint density at radius 1 is 1.15 bits per heavy atom. The summed E-state index contributed by atoms with van der Waals surface area (Å²) < 4.78 is 11.2. The van der Waals surface area contributed by atoms with Gasteiger partial charge in [0.05, 0.1) is 12.0 Å². The topological polar surface area (TPSA) is 114 Å². The number of hydrogen-bond donors (Lipinski definition) is 1. The van der Waals surface area contributed by atoms with E-state index in [2.05, 4.69) is 5.32 Å². The number of amides is 1. The number of anilines is 1. The molecule has 3 aromatic rings. The standard InChI is InChI=1S/C24H18ClN3O5/c1-32-23-12-16(8-9-22(23)33-15-17-4-2-5-19(25)11-17)10-18(14-26)24(29)27-20-6-3-7-21(13-20)28(30)31/h2-13H,15H2,1H3,(H,27,29)/b18-10+. The Bertz CT molecular complexity index is 1270. The van der Waals surface area contributed by atoms with Crippen molar-refractivity contribution in [3.63, 3.8) is 0 Å². The van der Waals surface area contributed by atoms with E-state index in [1.807, 2.05) is 18.2 Å². The van der Waals surface area contributed by atoms with Crippen LogP contribution < -0.4 is 14.8 Å². The fraction of sp³-hybridized carbons (Fsp3) is 0.0833. The lowest BCUT2D eigenvalue weighted by Crippen LogP contribution is -2.13. The highest BCUT2D eigenvalue weighted by molar-refractivity contribution is 6.30. The van der Waals surface area contributed by atoms with Crippen molar-refractivity contribution >= 4 is 35.0 Å². The second kappa shape index (κ2) is 10.8. The molecule has 166 valence electrons. The number of nitro groups is 1. The molecule has 0 aliphatic heterocycles. The summed E-state index contributed by atoms with van der Waals surface area (Å²) >= 11 is 5.99. The highest BCUT2D eigenvalue weighted by Gasteiger charge is 2.13. The molecule has 0 saturated heterocycles. The lowest BCUT2D eigenvalue weighted by atomic mass is 10.1. The van der Waals surface area contributed by atoms with E-state index < -0.39 is 10.8 Å². The van der Waals surface area contributed by atoms with Gasteiger partial charge in [0, 0.05) is 22.8 Å². The summed E-state index contributed by atoms with van der Waals surface area (Å²) in [5.41, 5.74) is 1.27. The van der Waals surface area contributed by atoms with E-state index in [1.165, 1.54) is 37.5 Å². The summed E-state index contributed by atoms with van der Waals surface area (Å²) in [5.74, 6) is 0.203.